The van der Waals surface area contributed by atoms with Crippen molar-refractivity contribution in [3.05, 3.63) is 27.7 Å². The zero-order valence-corrected chi connectivity index (χ0v) is 8.92. The number of aromatic nitrogens is 1. The van der Waals surface area contributed by atoms with Crippen LogP contribution in [0, 0.1) is 0 Å². The summed E-state index contributed by atoms with van der Waals surface area (Å²) in [6, 6.07) is 0.446. The zero-order chi connectivity index (χ0) is 14.8. The van der Waals surface area contributed by atoms with Gasteiger partial charge in [0.15, 0.2) is 5.75 Å². The summed E-state index contributed by atoms with van der Waals surface area (Å²) < 4.78 is 64.1. The summed E-state index contributed by atoms with van der Waals surface area (Å²) in [7, 11) is 0. The van der Waals surface area contributed by atoms with Crippen molar-refractivity contribution in [3.63, 3.8) is 0 Å². The topological polar surface area (TPSA) is 79.4 Å². The first-order valence-electron chi connectivity index (χ1n) is 4.62. The average Bonchev–Trinajstić information content (AvgIpc) is 2.20. The van der Waals surface area contributed by atoms with Crippen LogP contribution in [0.2, 0.25) is 0 Å². The summed E-state index contributed by atoms with van der Waals surface area (Å²) in [5.41, 5.74) is -3.36. The Morgan fingerprint density at radius 1 is 1.42 bits per heavy atom. The lowest BCUT2D eigenvalue weighted by atomic mass is 10.1. The van der Waals surface area contributed by atoms with Crippen LogP contribution in [-0.4, -0.2) is 22.4 Å². The van der Waals surface area contributed by atoms with Crippen molar-refractivity contribution in [2.45, 2.75) is 19.2 Å². The summed E-state index contributed by atoms with van der Waals surface area (Å²) in [4.78, 5) is 23.1. The van der Waals surface area contributed by atoms with Crippen LogP contribution in [0.1, 0.15) is 17.7 Å². The predicted octanol–water partition coefficient (Wildman–Crippen LogP) is 1.84. The molecule has 0 aromatic carbocycles. The van der Waals surface area contributed by atoms with Crippen molar-refractivity contribution in [1.82, 2.24) is 4.98 Å². The smallest absolute Gasteiger partial charge is 0.481 e. The van der Waals surface area contributed by atoms with Crippen molar-refractivity contribution in [2.24, 2.45) is 0 Å². The fraction of sp³-hybridized carbons (Fsp3) is 0.333. The summed E-state index contributed by atoms with van der Waals surface area (Å²) in [6.45, 7) is 0. The molecule has 0 amide bonds. The highest BCUT2D eigenvalue weighted by Crippen LogP contribution is 2.26. The molecule has 1 rings (SSSR count). The molecule has 0 aliphatic heterocycles. The Balaban J connectivity index is 3.34. The lowest BCUT2D eigenvalue weighted by Crippen LogP contribution is -2.25. The molecular formula is C9H6F5NO4. The van der Waals surface area contributed by atoms with E-state index in [1.165, 1.54) is 4.98 Å². The van der Waals surface area contributed by atoms with Crippen LogP contribution < -0.4 is 10.3 Å². The van der Waals surface area contributed by atoms with Crippen LogP contribution in [0.25, 0.3) is 0 Å². The van der Waals surface area contributed by atoms with Crippen molar-refractivity contribution < 1.29 is 36.6 Å². The molecule has 0 saturated carbocycles. The molecule has 106 valence electrons. The van der Waals surface area contributed by atoms with Crippen LogP contribution in [-0.2, 0) is 11.2 Å². The van der Waals surface area contributed by atoms with E-state index in [9.17, 15) is 31.5 Å². The molecule has 5 nitrogen and oxygen atoms in total. The molecule has 0 unspecified atom stereocenters. The molecule has 10 heteroatoms. The van der Waals surface area contributed by atoms with Gasteiger partial charge in [0.25, 0.3) is 12.0 Å². The number of hydrogen-bond donors (Lipinski definition) is 2. The van der Waals surface area contributed by atoms with Crippen LogP contribution in [0.5, 0.6) is 5.75 Å². The number of aromatic amines is 1. The fourth-order valence-corrected chi connectivity index (χ4v) is 1.26. The second-order valence-electron chi connectivity index (χ2n) is 3.33. The van der Waals surface area contributed by atoms with E-state index in [2.05, 4.69) is 4.74 Å². The SMILES string of the molecule is O=C(O)Cc1cc(C(F)F)[nH]c(=O)c1OC(F)(F)F. The van der Waals surface area contributed by atoms with Crippen molar-refractivity contribution in [3.8, 4) is 5.75 Å². The summed E-state index contributed by atoms with van der Waals surface area (Å²) in [5, 5.41) is 8.47. The van der Waals surface area contributed by atoms with Gasteiger partial charge >= 0.3 is 12.3 Å². The lowest BCUT2D eigenvalue weighted by molar-refractivity contribution is -0.275. The van der Waals surface area contributed by atoms with Gasteiger partial charge in [-0.25, -0.2) is 8.78 Å². The summed E-state index contributed by atoms with van der Waals surface area (Å²) >= 11 is 0. The molecule has 0 fully saturated rings. The van der Waals surface area contributed by atoms with E-state index < -0.39 is 47.7 Å². The van der Waals surface area contributed by atoms with E-state index in [-0.39, 0.29) is 0 Å². The van der Waals surface area contributed by atoms with Crippen molar-refractivity contribution in [2.75, 3.05) is 0 Å². The first kappa shape index (κ1) is 14.9. The highest BCUT2D eigenvalue weighted by atomic mass is 19.4. The number of pyridine rings is 1. The minimum atomic E-state index is -5.24. The molecule has 2 N–H and O–H groups in total. The molecule has 0 aliphatic carbocycles. The monoisotopic (exact) mass is 287 g/mol. The van der Waals surface area contributed by atoms with Gasteiger partial charge in [0.1, 0.15) is 0 Å². The lowest BCUT2D eigenvalue weighted by Gasteiger charge is -2.12. The molecule has 0 atom stereocenters. The first-order chi connectivity index (χ1) is 8.60. The van der Waals surface area contributed by atoms with E-state index >= 15 is 0 Å². The van der Waals surface area contributed by atoms with Gasteiger partial charge in [0.05, 0.1) is 12.1 Å². The van der Waals surface area contributed by atoms with Gasteiger partial charge in [-0.2, -0.15) is 0 Å². The molecular weight excluding hydrogens is 281 g/mol. The minimum absolute atomic E-state index is 0.446. The largest absolute Gasteiger partial charge is 0.573 e. The van der Waals surface area contributed by atoms with E-state index in [0.29, 0.717) is 6.07 Å². The van der Waals surface area contributed by atoms with Crippen molar-refractivity contribution >= 4 is 5.97 Å². The molecule has 19 heavy (non-hydrogen) atoms. The third kappa shape index (κ3) is 4.23. The Kier molecular flexibility index (Phi) is 4.12. The van der Waals surface area contributed by atoms with Gasteiger partial charge in [-0.1, -0.05) is 0 Å². The third-order valence-corrected chi connectivity index (χ3v) is 1.88. The number of halogens is 5. The number of carboxylic acids is 1. The number of nitrogens with one attached hydrogen (secondary N) is 1. The predicted molar refractivity (Wildman–Crippen MR) is 50.0 cm³/mol. The van der Waals surface area contributed by atoms with E-state index in [1.54, 1.807) is 0 Å². The number of ether oxygens (including phenoxy) is 1. The normalized spacial score (nSPS) is 11.7. The van der Waals surface area contributed by atoms with Gasteiger partial charge in [-0.15, -0.1) is 13.2 Å². The number of aliphatic carboxylic acids is 1. The van der Waals surface area contributed by atoms with Gasteiger partial charge in [-0.3, -0.25) is 9.59 Å². The highest BCUT2D eigenvalue weighted by molar-refractivity contribution is 5.71. The summed E-state index contributed by atoms with van der Waals surface area (Å²) in [5.74, 6) is -2.96. The Morgan fingerprint density at radius 2 is 2.00 bits per heavy atom. The Hall–Kier alpha value is -2.13. The quantitative estimate of drug-likeness (QED) is 0.828. The molecule has 0 spiro atoms. The standard InChI is InChI=1S/C9H6F5NO4/c10-7(11)4-1-3(2-5(16)17)6(8(18)15-4)19-9(12,13)14/h1,7H,2H2,(H,15,18)(H,16,17). The van der Waals surface area contributed by atoms with Gasteiger partial charge in [0.2, 0.25) is 0 Å². The highest BCUT2D eigenvalue weighted by Gasteiger charge is 2.34. The maximum absolute atomic E-state index is 12.4. The molecule has 1 aromatic heterocycles. The Bertz CT molecular complexity index is 536. The average molecular weight is 287 g/mol. The van der Waals surface area contributed by atoms with E-state index in [0.717, 1.165) is 0 Å². The molecule has 0 radical (unpaired) electrons. The Morgan fingerprint density at radius 3 is 2.42 bits per heavy atom. The zero-order valence-electron chi connectivity index (χ0n) is 8.92. The molecule has 0 bridgehead atoms. The third-order valence-electron chi connectivity index (χ3n) is 1.88. The molecule has 1 heterocycles. The second-order valence-corrected chi connectivity index (χ2v) is 3.33. The van der Waals surface area contributed by atoms with Crippen LogP contribution in [0.4, 0.5) is 22.0 Å². The molecule has 0 saturated heterocycles. The van der Waals surface area contributed by atoms with E-state index in [1.807, 2.05) is 0 Å². The van der Waals surface area contributed by atoms with Crippen LogP contribution >= 0.6 is 0 Å². The van der Waals surface area contributed by atoms with Crippen LogP contribution in [0.15, 0.2) is 10.9 Å². The molecule has 0 aliphatic rings. The Labute approximate surface area is 101 Å². The van der Waals surface area contributed by atoms with Gasteiger partial charge in [0, 0.05) is 5.56 Å². The maximum atomic E-state index is 12.4. The van der Waals surface area contributed by atoms with Crippen LogP contribution in [0.3, 0.4) is 0 Å². The van der Waals surface area contributed by atoms with Gasteiger partial charge in [-0.05, 0) is 6.07 Å². The fourth-order valence-electron chi connectivity index (χ4n) is 1.26. The number of rotatable bonds is 4. The van der Waals surface area contributed by atoms with E-state index in [4.69, 9.17) is 5.11 Å². The number of carbonyl (C=O) groups is 1. The van der Waals surface area contributed by atoms with Crippen molar-refractivity contribution in [1.29, 1.82) is 0 Å². The number of hydrogen-bond acceptors (Lipinski definition) is 3. The maximum Gasteiger partial charge on any atom is 0.573 e. The first-order valence-corrected chi connectivity index (χ1v) is 4.62. The minimum Gasteiger partial charge on any atom is -0.481 e. The number of alkyl halides is 5. The summed E-state index contributed by atoms with van der Waals surface area (Å²) in [6.07, 6.45) is -9.47. The van der Waals surface area contributed by atoms with Gasteiger partial charge < -0.3 is 14.8 Å². The second kappa shape index (κ2) is 5.24. The number of carboxylic acid groups (broad SMARTS) is 1. The number of H-pyrrole nitrogens is 1. The molecule has 1 aromatic rings.